The summed E-state index contributed by atoms with van der Waals surface area (Å²) in [5.41, 5.74) is 4.18. The Balaban J connectivity index is 1.79. The van der Waals surface area contributed by atoms with Gasteiger partial charge >= 0.3 is 0 Å². The predicted octanol–water partition coefficient (Wildman–Crippen LogP) is 1.44. The summed E-state index contributed by atoms with van der Waals surface area (Å²) in [6, 6.07) is 9.25. The molecule has 2 N–H and O–H groups in total. The van der Waals surface area contributed by atoms with Gasteiger partial charge in [0, 0.05) is 30.1 Å². The van der Waals surface area contributed by atoms with Gasteiger partial charge in [0.1, 0.15) is 5.71 Å². The number of hydrogen-bond donors (Lipinski definition) is 2. The summed E-state index contributed by atoms with van der Waals surface area (Å²) in [6.07, 6.45) is 2.36. The van der Waals surface area contributed by atoms with E-state index in [0.717, 1.165) is 10.9 Å². The number of pyridine rings is 1. The van der Waals surface area contributed by atoms with Crippen LogP contribution < -0.4 is 10.7 Å². The van der Waals surface area contributed by atoms with E-state index in [-0.39, 0.29) is 18.2 Å². The molecule has 2 heterocycles. The molecule has 3 rings (SSSR count). The molecule has 0 spiro atoms. The van der Waals surface area contributed by atoms with Crippen molar-refractivity contribution in [1.29, 1.82) is 0 Å². The maximum atomic E-state index is 12.0. The molecule has 100 valence electrons. The zero-order valence-electron chi connectivity index (χ0n) is 10.6. The summed E-state index contributed by atoms with van der Waals surface area (Å²) in [5, 5.41) is 7.48. The monoisotopic (exact) mass is 268 g/mol. The van der Waals surface area contributed by atoms with Gasteiger partial charge in [-0.05, 0) is 24.3 Å². The number of hydrazone groups is 1. The second-order valence-corrected chi connectivity index (χ2v) is 4.46. The highest BCUT2D eigenvalue weighted by atomic mass is 16.2. The molecule has 0 bridgehead atoms. The molecule has 2 aromatic rings. The van der Waals surface area contributed by atoms with E-state index in [0.29, 0.717) is 17.8 Å². The van der Waals surface area contributed by atoms with Crippen molar-refractivity contribution in [3.05, 3.63) is 36.5 Å². The van der Waals surface area contributed by atoms with Crippen molar-refractivity contribution in [2.24, 2.45) is 5.10 Å². The normalized spacial score (nSPS) is 14.6. The van der Waals surface area contributed by atoms with Gasteiger partial charge in [0.25, 0.3) is 5.91 Å². The Morgan fingerprint density at radius 3 is 2.95 bits per heavy atom. The van der Waals surface area contributed by atoms with Crippen LogP contribution in [0, 0.1) is 0 Å². The number of aromatic nitrogens is 1. The lowest BCUT2D eigenvalue weighted by Crippen LogP contribution is -2.32. The number of carbonyl (C=O) groups excluding carboxylic acids is 2. The molecule has 1 aromatic carbocycles. The molecule has 1 aromatic heterocycles. The molecule has 1 aliphatic rings. The largest absolute Gasteiger partial charge is 0.321 e. The molecule has 1 aliphatic heterocycles. The van der Waals surface area contributed by atoms with Crippen molar-refractivity contribution in [3.8, 4) is 0 Å². The van der Waals surface area contributed by atoms with Crippen LogP contribution in [0.4, 0.5) is 5.69 Å². The minimum atomic E-state index is -0.298. The molecule has 2 amide bonds. The lowest BCUT2D eigenvalue weighted by molar-refractivity contribution is -0.121. The van der Waals surface area contributed by atoms with Gasteiger partial charge < -0.3 is 5.32 Å². The Hall–Kier alpha value is -2.76. The summed E-state index contributed by atoms with van der Waals surface area (Å²) in [4.78, 5) is 27.2. The van der Waals surface area contributed by atoms with Crippen LogP contribution in [0.2, 0.25) is 0 Å². The molecule has 0 aliphatic carbocycles. The Morgan fingerprint density at radius 2 is 2.15 bits per heavy atom. The average molecular weight is 268 g/mol. The second-order valence-electron chi connectivity index (χ2n) is 4.46. The van der Waals surface area contributed by atoms with E-state index in [4.69, 9.17) is 0 Å². The molecule has 0 fully saturated rings. The number of rotatable bonds is 2. The quantitative estimate of drug-likeness (QED) is 0.864. The molecule has 6 heteroatoms. The fourth-order valence-corrected chi connectivity index (χ4v) is 1.99. The first-order valence-electron chi connectivity index (χ1n) is 6.24. The van der Waals surface area contributed by atoms with Gasteiger partial charge in [-0.3, -0.25) is 14.6 Å². The zero-order valence-corrected chi connectivity index (χ0v) is 10.6. The number of anilines is 1. The number of amides is 2. The Morgan fingerprint density at radius 1 is 1.25 bits per heavy atom. The van der Waals surface area contributed by atoms with E-state index in [2.05, 4.69) is 20.8 Å². The van der Waals surface area contributed by atoms with Crippen molar-refractivity contribution < 1.29 is 9.59 Å². The van der Waals surface area contributed by atoms with Crippen LogP contribution in [0.25, 0.3) is 10.9 Å². The minimum Gasteiger partial charge on any atom is -0.321 e. The molecule has 0 atom stereocenters. The SMILES string of the molecule is O=C1CCC(C(=O)Nc2ccc3ncccc3c2)=NN1. The topological polar surface area (TPSA) is 83.5 Å². The number of fused-ring (bicyclic) bond motifs is 1. The number of hydrogen-bond acceptors (Lipinski definition) is 4. The van der Waals surface area contributed by atoms with Crippen LogP contribution in [-0.2, 0) is 9.59 Å². The highest BCUT2D eigenvalue weighted by Gasteiger charge is 2.18. The smallest absolute Gasteiger partial charge is 0.271 e. The maximum Gasteiger partial charge on any atom is 0.271 e. The van der Waals surface area contributed by atoms with Gasteiger partial charge in [-0.15, -0.1) is 0 Å². The van der Waals surface area contributed by atoms with E-state index in [1.54, 1.807) is 12.3 Å². The number of nitrogens with zero attached hydrogens (tertiary/aromatic N) is 2. The van der Waals surface area contributed by atoms with E-state index >= 15 is 0 Å². The van der Waals surface area contributed by atoms with Gasteiger partial charge in [0.05, 0.1) is 5.52 Å². The lowest BCUT2D eigenvalue weighted by atomic mass is 10.1. The third-order valence-corrected chi connectivity index (χ3v) is 3.03. The summed E-state index contributed by atoms with van der Waals surface area (Å²) in [6.45, 7) is 0. The van der Waals surface area contributed by atoms with Gasteiger partial charge in [0.15, 0.2) is 0 Å². The fourth-order valence-electron chi connectivity index (χ4n) is 1.99. The van der Waals surface area contributed by atoms with Crippen LogP contribution in [0.1, 0.15) is 12.8 Å². The molecule has 0 radical (unpaired) electrons. The van der Waals surface area contributed by atoms with Gasteiger partial charge in [-0.25, -0.2) is 5.43 Å². The molecule has 0 saturated carbocycles. The lowest BCUT2D eigenvalue weighted by Gasteiger charge is -2.12. The predicted molar refractivity (Wildman–Crippen MR) is 75.2 cm³/mol. The first-order chi connectivity index (χ1) is 9.72. The van der Waals surface area contributed by atoms with Crippen molar-refractivity contribution in [2.75, 3.05) is 5.32 Å². The van der Waals surface area contributed by atoms with Crippen LogP contribution in [0.15, 0.2) is 41.6 Å². The summed E-state index contributed by atoms with van der Waals surface area (Å²) in [5.74, 6) is -0.466. The summed E-state index contributed by atoms with van der Waals surface area (Å²) in [7, 11) is 0. The number of carbonyl (C=O) groups is 2. The van der Waals surface area contributed by atoms with E-state index < -0.39 is 0 Å². The van der Waals surface area contributed by atoms with Gasteiger partial charge in [-0.1, -0.05) is 6.07 Å². The van der Waals surface area contributed by atoms with Gasteiger partial charge in [0.2, 0.25) is 5.91 Å². The van der Waals surface area contributed by atoms with E-state index in [9.17, 15) is 9.59 Å². The Bertz CT molecular complexity index is 724. The van der Waals surface area contributed by atoms with Crippen molar-refractivity contribution in [2.45, 2.75) is 12.8 Å². The summed E-state index contributed by atoms with van der Waals surface area (Å²) < 4.78 is 0. The number of benzene rings is 1. The molecule has 0 unspecified atom stereocenters. The van der Waals surface area contributed by atoms with Crippen LogP contribution >= 0.6 is 0 Å². The Labute approximate surface area is 114 Å². The summed E-state index contributed by atoms with van der Waals surface area (Å²) >= 11 is 0. The van der Waals surface area contributed by atoms with Crippen molar-refractivity contribution >= 4 is 34.1 Å². The number of nitrogens with one attached hydrogen (secondary N) is 2. The van der Waals surface area contributed by atoms with Crippen LogP contribution in [-0.4, -0.2) is 22.5 Å². The highest BCUT2D eigenvalue weighted by Crippen LogP contribution is 2.17. The fraction of sp³-hybridized carbons (Fsp3) is 0.143. The van der Waals surface area contributed by atoms with Crippen LogP contribution in [0.3, 0.4) is 0 Å². The van der Waals surface area contributed by atoms with E-state index in [1.807, 2.05) is 24.3 Å². The van der Waals surface area contributed by atoms with Gasteiger partial charge in [-0.2, -0.15) is 5.10 Å². The Kier molecular flexibility index (Phi) is 3.12. The third kappa shape index (κ3) is 2.49. The first kappa shape index (κ1) is 12.3. The molecule has 0 saturated heterocycles. The second kappa shape index (κ2) is 5.08. The third-order valence-electron chi connectivity index (χ3n) is 3.03. The standard InChI is InChI=1S/C14H12N4O2/c19-13-6-5-12(17-18-13)14(20)16-10-3-4-11-9(8-10)2-1-7-15-11/h1-4,7-8H,5-6H2,(H,16,20)(H,18,19). The zero-order chi connectivity index (χ0) is 13.9. The molecular weight excluding hydrogens is 256 g/mol. The first-order valence-corrected chi connectivity index (χ1v) is 6.24. The van der Waals surface area contributed by atoms with E-state index in [1.165, 1.54) is 0 Å². The molecule has 6 nitrogen and oxygen atoms in total. The molecular formula is C14H12N4O2. The molecule has 20 heavy (non-hydrogen) atoms. The average Bonchev–Trinajstić information content (AvgIpc) is 2.48. The van der Waals surface area contributed by atoms with Crippen LogP contribution in [0.5, 0.6) is 0 Å². The van der Waals surface area contributed by atoms with Crippen molar-refractivity contribution in [3.63, 3.8) is 0 Å². The minimum absolute atomic E-state index is 0.168. The highest BCUT2D eigenvalue weighted by molar-refractivity contribution is 6.43. The maximum absolute atomic E-state index is 12.0. The van der Waals surface area contributed by atoms with Crippen molar-refractivity contribution in [1.82, 2.24) is 10.4 Å².